The fourth-order valence-corrected chi connectivity index (χ4v) is 1.76. The van der Waals surface area contributed by atoms with Gasteiger partial charge in [0.25, 0.3) is 5.91 Å². The molecule has 0 aliphatic carbocycles. The van der Waals surface area contributed by atoms with Gasteiger partial charge in [-0.25, -0.2) is 0 Å². The summed E-state index contributed by atoms with van der Waals surface area (Å²) in [6.07, 6.45) is 0.618. The number of hydrogen-bond donors (Lipinski definition) is 1. The number of aryl methyl sites for hydroxylation is 1. The summed E-state index contributed by atoms with van der Waals surface area (Å²) < 4.78 is 5.05. The van der Waals surface area contributed by atoms with Crippen molar-refractivity contribution in [1.29, 1.82) is 0 Å². The molecule has 5 heteroatoms. The van der Waals surface area contributed by atoms with E-state index in [9.17, 15) is 4.79 Å². The lowest BCUT2D eigenvalue weighted by Gasteiger charge is -2.03. The van der Waals surface area contributed by atoms with Crippen molar-refractivity contribution < 1.29 is 9.32 Å². The molecule has 1 amide bonds. The molecule has 1 heterocycles. The molecule has 18 heavy (non-hydrogen) atoms. The van der Waals surface area contributed by atoms with Crippen LogP contribution in [0.4, 0.5) is 0 Å². The van der Waals surface area contributed by atoms with E-state index in [0.29, 0.717) is 23.6 Å². The average molecular weight is 265 g/mol. The van der Waals surface area contributed by atoms with Gasteiger partial charge in [0.2, 0.25) is 0 Å². The van der Waals surface area contributed by atoms with Gasteiger partial charge in [0.1, 0.15) is 5.76 Å². The lowest BCUT2D eigenvalue weighted by molar-refractivity contribution is 0.0953. The number of halogens is 1. The summed E-state index contributed by atoms with van der Waals surface area (Å²) in [5, 5.41) is 7.13. The van der Waals surface area contributed by atoms with Crippen LogP contribution < -0.4 is 5.32 Å². The smallest absolute Gasteiger partial charge is 0.251 e. The largest absolute Gasteiger partial charge is 0.361 e. The minimum atomic E-state index is -0.145. The zero-order valence-electron chi connectivity index (χ0n) is 9.94. The van der Waals surface area contributed by atoms with E-state index >= 15 is 0 Å². The monoisotopic (exact) mass is 264 g/mol. The van der Waals surface area contributed by atoms with Gasteiger partial charge in [-0.3, -0.25) is 4.79 Å². The molecule has 0 atom stereocenters. The topological polar surface area (TPSA) is 55.1 Å². The normalized spacial score (nSPS) is 10.3. The van der Waals surface area contributed by atoms with Gasteiger partial charge < -0.3 is 9.84 Å². The molecule has 0 spiro atoms. The fraction of sp³-hybridized carbons (Fsp3) is 0.231. The van der Waals surface area contributed by atoms with Gasteiger partial charge in [-0.1, -0.05) is 22.8 Å². The second kappa shape index (κ2) is 5.69. The van der Waals surface area contributed by atoms with Crippen LogP contribution >= 0.6 is 11.6 Å². The van der Waals surface area contributed by atoms with Crippen molar-refractivity contribution in [2.24, 2.45) is 0 Å². The van der Waals surface area contributed by atoms with Crippen molar-refractivity contribution in [3.63, 3.8) is 0 Å². The van der Waals surface area contributed by atoms with Gasteiger partial charge in [-0.2, -0.15) is 0 Å². The van der Waals surface area contributed by atoms with E-state index in [1.807, 2.05) is 13.0 Å². The van der Waals surface area contributed by atoms with Gasteiger partial charge in [0.15, 0.2) is 0 Å². The van der Waals surface area contributed by atoms with E-state index < -0.39 is 0 Å². The number of rotatable bonds is 4. The maximum Gasteiger partial charge on any atom is 0.251 e. The summed E-state index contributed by atoms with van der Waals surface area (Å²) in [4.78, 5) is 11.8. The van der Waals surface area contributed by atoms with Crippen LogP contribution in [-0.2, 0) is 6.42 Å². The minimum absolute atomic E-state index is 0.145. The molecule has 2 aromatic rings. The molecule has 4 nitrogen and oxygen atoms in total. The van der Waals surface area contributed by atoms with E-state index in [-0.39, 0.29) is 5.91 Å². The highest BCUT2D eigenvalue weighted by molar-refractivity contribution is 6.30. The number of carbonyl (C=O) groups excluding carboxylic acids is 1. The third-order valence-electron chi connectivity index (χ3n) is 2.42. The first kappa shape index (κ1) is 12.6. The third kappa shape index (κ3) is 3.34. The van der Waals surface area contributed by atoms with E-state index in [1.54, 1.807) is 24.3 Å². The lowest BCUT2D eigenvalue weighted by atomic mass is 10.2. The minimum Gasteiger partial charge on any atom is -0.361 e. The Morgan fingerprint density at radius 3 is 2.94 bits per heavy atom. The summed E-state index contributed by atoms with van der Waals surface area (Å²) in [5.74, 6) is 0.618. The summed E-state index contributed by atoms with van der Waals surface area (Å²) in [7, 11) is 0. The Hall–Kier alpha value is -1.81. The van der Waals surface area contributed by atoms with Gasteiger partial charge >= 0.3 is 0 Å². The van der Waals surface area contributed by atoms with Crippen molar-refractivity contribution in [2.75, 3.05) is 6.54 Å². The number of carbonyl (C=O) groups is 1. The van der Waals surface area contributed by atoms with Crippen LogP contribution in [0.1, 0.15) is 21.8 Å². The number of nitrogens with one attached hydrogen (secondary N) is 1. The van der Waals surface area contributed by atoms with Gasteiger partial charge in [-0.15, -0.1) is 0 Å². The van der Waals surface area contributed by atoms with Crippen LogP contribution in [0.15, 0.2) is 34.9 Å². The average Bonchev–Trinajstić information content (AvgIpc) is 2.75. The second-order valence-corrected chi connectivity index (χ2v) is 4.39. The molecule has 1 aromatic heterocycles. The number of amides is 1. The molecule has 0 fully saturated rings. The Morgan fingerprint density at radius 2 is 2.28 bits per heavy atom. The maximum absolute atomic E-state index is 11.8. The molecule has 1 aromatic carbocycles. The molecule has 0 saturated carbocycles. The van der Waals surface area contributed by atoms with Crippen molar-refractivity contribution in [3.05, 3.63) is 52.4 Å². The van der Waals surface area contributed by atoms with Crippen molar-refractivity contribution >= 4 is 17.5 Å². The molecule has 0 radical (unpaired) electrons. The van der Waals surface area contributed by atoms with Crippen LogP contribution in [0, 0.1) is 6.92 Å². The Kier molecular flexibility index (Phi) is 3.99. The lowest BCUT2D eigenvalue weighted by Crippen LogP contribution is -2.25. The van der Waals surface area contributed by atoms with E-state index in [4.69, 9.17) is 16.1 Å². The van der Waals surface area contributed by atoms with Crippen molar-refractivity contribution in [1.82, 2.24) is 10.5 Å². The number of nitrogens with zero attached hydrogens (tertiary/aromatic N) is 1. The Morgan fingerprint density at radius 1 is 1.44 bits per heavy atom. The number of aromatic nitrogens is 1. The quantitative estimate of drug-likeness (QED) is 0.924. The molecule has 0 bridgehead atoms. The molecule has 1 N–H and O–H groups in total. The van der Waals surface area contributed by atoms with E-state index in [0.717, 1.165) is 11.5 Å². The molecular weight excluding hydrogens is 252 g/mol. The Bertz CT molecular complexity index is 551. The maximum atomic E-state index is 11.8. The first-order chi connectivity index (χ1) is 8.65. The first-order valence-corrected chi connectivity index (χ1v) is 5.99. The van der Waals surface area contributed by atoms with E-state index in [1.165, 1.54) is 0 Å². The van der Waals surface area contributed by atoms with Crippen LogP contribution in [0.3, 0.4) is 0 Å². The summed E-state index contributed by atoms with van der Waals surface area (Å²) in [5.41, 5.74) is 1.39. The number of hydrogen-bond acceptors (Lipinski definition) is 3. The SMILES string of the molecule is Cc1cc(CCNC(=O)c2cccc(Cl)c2)on1. The van der Waals surface area contributed by atoms with Crippen LogP contribution in [0.25, 0.3) is 0 Å². The van der Waals surface area contributed by atoms with Crippen molar-refractivity contribution in [3.8, 4) is 0 Å². The number of benzene rings is 1. The third-order valence-corrected chi connectivity index (χ3v) is 2.66. The predicted molar refractivity (Wildman–Crippen MR) is 68.7 cm³/mol. The highest BCUT2D eigenvalue weighted by Crippen LogP contribution is 2.10. The summed E-state index contributed by atoms with van der Waals surface area (Å²) in [6.45, 7) is 2.36. The molecule has 0 unspecified atom stereocenters. The second-order valence-electron chi connectivity index (χ2n) is 3.95. The van der Waals surface area contributed by atoms with Crippen molar-refractivity contribution in [2.45, 2.75) is 13.3 Å². The summed E-state index contributed by atoms with van der Waals surface area (Å²) in [6, 6.07) is 8.69. The van der Waals surface area contributed by atoms with E-state index in [2.05, 4.69) is 10.5 Å². The molecule has 0 saturated heterocycles. The van der Waals surface area contributed by atoms with Crippen LogP contribution in [0.5, 0.6) is 0 Å². The highest BCUT2D eigenvalue weighted by atomic mass is 35.5. The van der Waals surface area contributed by atoms with Gasteiger partial charge in [-0.05, 0) is 25.1 Å². The molecular formula is C13H13ClN2O2. The van der Waals surface area contributed by atoms with Crippen LogP contribution in [0.2, 0.25) is 5.02 Å². The summed E-state index contributed by atoms with van der Waals surface area (Å²) >= 11 is 5.82. The van der Waals surface area contributed by atoms with Gasteiger partial charge in [0, 0.05) is 29.6 Å². The molecule has 94 valence electrons. The highest BCUT2D eigenvalue weighted by Gasteiger charge is 2.06. The molecule has 2 rings (SSSR count). The zero-order valence-corrected chi connectivity index (χ0v) is 10.7. The Labute approximate surface area is 110 Å². The molecule has 0 aliphatic heterocycles. The molecule has 0 aliphatic rings. The van der Waals surface area contributed by atoms with Crippen LogP contribution in [-0.4, -0.2) is 17.6 Å². The predicted octanol–water partition coefficient (Wildman–Crippen LogP) is 2.61. The fourth-order valence-electron chi connectivity index (χ4n) is 1.57. The zero-order chi connectivity index (χ0) is 13.0. The first-order valence-electron chi connectivity index (χ1n) is 5.61. The Balaban J connectivity index is 1.85. The standard InChI is InChI=1S/C13H13ClN2O2/c1-9-7-12(18-16-9)5-6-15-13(17)10-3-2-4-11(14)8-10/h2-4,7-8H,5-6H2,1H3,(H,15,17). The van der Waals surface area contributed by atoms with Gasteiger partial charge in [0.05, 0.1) is 5.69 Å².